The highest BCUT2D eigenvalue weighted by Crippen LogP contribution is 2.26. The van der Waals surface area contributed by atoms with Crippen LogP contribution >= 0.6 is 11.6 Å². The summed E-state index contributed by atoms with van der Waals surface area (Å²) in [7, 11) is -3.81. The molecule has 0 aliphatic rings. The van der Waals surface area contributed by atoms with Crippen molar-refractivity contribution in [3.05, 3.63) is 28.8 Å². The number of carbonyl (C=O) groups is 2. The largest absolute Gasteiger partial charge is 0.452 e. The fraction of sp³-hybridized carbons (Fsp3) is 0.467. The molecule has 0 radical (unpaired) electrons. The van der Waals surface area contributed by atoms with E-state index >= 15 is 0 Å². The van der Waals surface area contributed by atoms with Crippen LogP contribution in [-0.2, 0) is 19.6 Å². The second kappa shape index (κ2) is 9.00. The van der Waals surface area contributed by atoms with Crippen molar-refractivity contribution in [3.8, 4) is 0 Å². The summed E-state index contributed by atoms with van der Waals surface area (Å²) in [5.74, 6) is -1.23. The summed E-state index contributed by atoms with van der Waals surface area (Å²) in [6, 6.07) is 3.83. The third kappa shape index (κ3) is 4.93. The van der Waals surface area contributed by atoms with E-state index in [0.717, 1.165) is 6.07 Å². The highest BCUT2D eigenvalue weighted by atomic mass is 35.5. The third-order valence-electron chi connectivity index (χ3n) is 3.20. The van der Waals surface area contributed by atoms with Gasteiger partial charge in [0, 0.05) is 19.6 Å². The highest BCUT2D eigenvalue weighted by Gasteiger charge is 2.26. The van der Waals surface area contributed by atoms with Crippen LogP contribution in [0.3, 0.4) is 0 Å². The summed E-state index contributed by atoms with van der Waals surface area (Å²) >= 11 is 5.99. The molecule has 7 nitrogen and oxygen atoms in total. The van der Waals surface area contributed by atoms with Gasteiger partial charge in [-0.15, -0.1) is 0 Å². The van der Waals surface area contributed by atoms with E-state index in [1.54, 1.807) is 20.8 Å². The SMILES string of the molecule is CCNC(=O)COC(=O)c1ccc(Cl)c(S(=O)(=O)N(CC)CC)c1. The summed E-state index contributed by atoms with van der Waals surface area (Å²) in [6.45, 7) is 5.70. The monoisotopic (exact) mass is 376 g/mol. The minimum atomic E-state index is -3.81. The summed E-state index contributed by atoms with van der Waals surface area (Å²) in [6.07, 6.45) is 0. The molecule has 0 aliphatic carbocycles. The van der Waals surface area contributed by atoms with Crippen LogP contribution in [0.1, 0.15) is 31.1 Å². The zero-order valence-corrected chi connectivity index (χ0v) is 15.4. The number of esters is 1. The van der Waals surface area contributed by atoms with Crippen LogP contribution in [0, 0.1) is 0 Å². The molecule has 0 saturated carbocycles. The zero-order chi connectivity index (χ0) is 18.3. The van der Waals surface area contributed by atoms with Gasteiger partial charge in [-0.25, -0.2) is 13.2 Å². The topological polar surface area (TPSA) is 92.8 Å². The van der Waals surface area contributed by atoms with Crippen LogP contribution < -0.4 is 5.32 Å². The van der Waals surface area contributed by atoms with Gasteiger partial charge in [0.1, 0.15) is 4.90 Å². The average molecular weight is 377 g/mol. The van der Waals surface area contributed by atoms with Crippen molar-refractivity contribution in [2.24, 2.45) is 0 Å². The normalized spacial score (nSPS) is 11.4. The number of rotatable bonds is 8. The summed E-state index contributed by atoms with van der Waals surface area (Å²) in [5, 5.41) is 2.50. The molecule has 0 atom stereocenters. The van der Waals surface area contributed by atoms with Crippen molar-refractivity contribution in [2.75, 3.05) is 26.2 Å². The van der Waals surface area contributed by atoms with Gasteiger partial charge in [0.05, 0.1) is 10.6 Å². The van der Waals surface area contributed by atoms with Crippen molar-refractivity contribution in [1.29, 1.82) is 0 Å². The molecule has 1 amide bonds. The first-order valence-electron chi connectivity index (χ1n) is 7.51. The van der Waals surface area contributed by atoms with Crippen molar-refractivity contribution >= 4 is 33.5 Å². The summed E-state index contributed by atoms with van der Waals surface area (Å²) in [5.41, 5.74) is 0.00873. The molecule has 0 aliphatic heterocycles. The number of amides is 1. The molecule has 134 valence electrons. The van der Waals surface area contributed by atoms with Crippen molar-refractivity contribution < 1.29 is 22.7 Å². The van der Waals surface area contributed by atoms with Gasteiger partial charge in [0.2, 0.25) is 10.0 Å². The first kappa shape index (κ1) is 20.4. The predicted molar refractivity (Wildman–Crippen MR) is 90.5 cm³/mol. The first-order chi connectivity index (χ1) is 11.3. The van der Waals surface area contributed by atoms with E-state index in [4.69, 9.17) is 16.3 Å². The lowest BCUT2D eigenvalue weighted by Gasteiger charge is -2.19. The number of likely N-dealkylation sites (N-methyl/N-ethyl adjacent to an activating group) is 1. The number of halogens is 1. The molecule has 0 unspecified atom stereocenters. The Hall–Kier alpha value is -1.64. The minimum Gasteiger partial charge on any atom is -0.452 e. The van der Waals surface area contributed by atoms with Gasteiger partial charge < -0.3 is 10.1 Å². The standard InChI is InChI=1S/C15H21ClN2O5S/c1-4-17-14(19)10-23-15(20)11-7-8-12(16)13(9-11)24(21,22)18(5-2)6-3/h7-9H,4-6,10H2,1-3H3,(H,17,19). The number of sulfonamides is 1. The molecule has 1 rings (SSSR count). The number of nitrogens with zero attached hydrogens (tertiary/aromatic N) is 1. The molecule has 1 aromatic carbocycles. The number of carbonyl (C=O) groups excluding carboxylic acids is 2. The molecule has 0 saturated heterocycles. The Kier molecular flexibility index (Phi) is 7.65. The van der Waals surface area contributed by atoms with Gasteiger partial charge in [0.25, 0.3) is 5.91 Å². The molecule has 0 bridgehead atoms. The highest BCUT2D eigenvalue weighted by molar-refractivity contribution is 7.89. The van der Waals surface area contributed by atoms with E-state index in [0.29, 0.717) is 6.54 Å². The van der Waals surface area contributed by atoms with Crippen molar-refractivity contribution in [1.82, 2.24) is 9.62 Å². The van der Waals surface area contributed by atoms with Gasteiger partial charge in [-0.3, -0.25) is 4.79 Å². The van der Waals surface area contributed by atoms with E-state index in [1.165, 1.54) is 16.4 Å². The number of hydrogen-bond donors (Lipinski definition) is 1. The zero-order valence-electron chi connectivity index (χ0n) is 13.8. The second-order valence-corrected chi connectivity index (χ2v) is 7.08. The Bertz CT molecular complexity index is 702. The molecule has 0 fully saturated rings. The molecule has 0 heterocycles. The smallest absolute Gasteiger partial charge is 0.338 e. The molecule has 1 N–H and O–H groups in total. The van der Waals surface area contributed by atoms with Crippen LogP contribution in [-0.4, -0.2) is 50.8 Å². The van der Waals surface area contributed by atoms with E-state index < -0.39 is 28.5 Å². The van der Waals surface area contributed by atoms with Crippen LogP contribution in [0.4, 0.5) is 0 Å². The van der Waals surface area contributed by atoms with Gasteiger partial charge >= 0.3 is 5.97 Å². The molecule has 0 spiro atoms. The summed E-state index contributed by atoms with van der Waals surface area (Å²) in [4.78, 5) is 23.1. The average Bonchev–Trinajstić information content (AvgIpc) is 2.54. The van der Waals surface area contributed by atoms with E-state index in [9.17, 15) is 18.0 Å². The summed E-state index contributed by atoms with van der Waals surface area (Å²) < 4.78 is 31.2. The Labute approximate surface area is 147 Å². The fourth-order valence-corrected chi connectivity index (χ4v) is 3.95. The number of hydrogen-bond acceptors (Lipinski definition) is 5. The van der Waals surface area contributed by atoms with Crippen LogP contribution in [0.25, 0.3) is 0 Å². The van der Waals surface area contributed by atoms with E-state index in [1.807, 2.05) is 0 Å². The van der Waals surface area contributed by atoms with Crippen LogP contribution in [0.5, 0.6) is 0 Å². The maximum Gasteiger partial charge on any atom is 0.338 e. The van der Waals surface area contributed by atoms with Crippen LogP contribution in [0.2, 0.25) is 5.02 Å². The number of ether oxygens (including phenoxy) is 1. The van der Waals surface area contributed by atoms with Gasteiger partial charge in [-0.1, -0.05) is 25.4 Å². The maximum atomic E-state index is 12.6. The Morgan fingerprint density at radius 2 is 1.83 bits per heavy atom. The van der Waals surface area contributed by atoms with Crippen molar-refractivity contribution in [2.45, 2.75) is 25.7 Å². The number of benzene rings is 1. The quantitative estimate of drug-likeness (QED) is 0.696. The number of nitrogens with one attached hydrogen (secondary N) is 1. The minimum absolute atomic E-state index is 0.00873. The van der Waals surface area contributed by atoms with Gasteiger partial charge in [0.15, 0.2) is 6.61 Å². The lowest BCUT2D eigenvalue weighted by Crippen LogP contribution is -2.31. The predicted octanol–water partition coefficient (Wildman–Crippen LogP) is 1.66. The fourth-order valence-electron chi connectivity index (χ4n) is 1.99. The molecule has 24 heavy (non-hydrogen) atoms. The molecule has 1 aromatic rings. The maximum absolute atomic E-state index is 12.6. The molecular formula is C15H21ClN2O5S. The molecule has 9 heteroatoms. The lowest BCUT2D eigenvalue weighted by atomic mass is 10.2. The van der Waals surface area contributed by atoms with Crippen molar-refractivity contribution in [3.63, 3.8) is 0 Å². The van der Waals surface area contributed by atoms with E-state index in [-0.39, 0.29) is 28.6 Å². The van der Waals surface area contributed by atoms with Crippen LogP contribution in [0.15, 0.2) is 23.1 Å². The Morgan fingerprint density at radius 1 is 1.21 bits per heavy atom. The van der Waals surface area contributed by atoms with Gasteiger partial charge in [-0.05, 0) is 25.1 Å². The Balaban J connectivity index is 3.05. The second-order valence-electron chi connectivity index (χ2n) is 4.76. The first-order valence-corrected chi connectivity index (χ1v) is 9.33. The lowest BCUT2D eigenvalue weighted by molar-refractivity contribution is -0.124. The molecular weight excluding hydrogens is 356 g/mol. The van der Waals surface area contributed by atoms with Gasteiger partial charge in [-0.2, -0.15) is 4.31 Å². The Morgan fingerprint density at radius 3 is 2.38 bits per heavy atom. The van der Waals surface area contributed by atoms with E-state index in [2.05, 4.69) is 5.32 Å². The molecule has 0 aromatic heterocycles. The third-order valence-corrected chi connectivity index (χ3v) is 5.73.